The average molecular weight is 237 g/mol. The molecule has 3 nitrogen and oxygen atoms in total. The summed E-state index contributed by atoms with van der Waals surface area (Å²) in [5.74, 6) is 0. The number of nitrogens with two attached hydrogens (primary N) is 1. The van der Waals surface area contributed by atoms with Crippen molar-refractivity contribution >= 4 is 11.4 Å². The van der Waals surface area contributed by atoms with E-state index in [0.29, 0.717) is 12.1 Å². The fourth-order valence-electron chi connectivity index (χ4n) is 1.74. The Labute approximate surface area is 107 Å². The molecule has 0 bridgehead atoms. The lowest BCUT2D eigenvalue weighted by Crippen LogP contribution is -2.01. The van der Waals surface area contributed by atoms with E-state index in [4.69, 9.17) is 11.0 Å². The monoisotopic (exact) mass is 237 g/mol. The fourth-order valence-corrected chi connectivity index (χ4v) is 1.74. The summed E-state index contributed by atoms with van der Waals surface area (Å²) >= 11 is 0. The molecular formula is C15H15N3. The van der Waals surface area contributed by atoms with Gasteiger partial charge in [-0.3, -0.25) is 0 Å². The number of hydrogen-bond donors (Lipinski definition) is 2. The van der Waals surface area contributed by atoms with Crippen LogP contribution in [0.1, 0.15) is 16.7 Å². The molecule has 0 heterocycles. The smallest absolute Gasteiger partial charge is 0.101 e. The van der Waals surface area contributed by atoms with Gasteiger partial charge in [0.05, 0.1) is 11.3 Å². The standard InChI is InChI=1S/C15H15N3/c1-11-2-7-15(13(8-11)9-16)18-10-12-3-5-14(17)6-4-12/h2-8,18H,10,17H2,1H3. The van der Waals surface area contributed by atoms with E-state index in [9.17, 15) is 0 Å². The van der Waals surface area contributed by atoms with Gasteiger partial charge in [-0.05, 0) is 42.3 Å². The van der Waals surface area contributed by atoms with E-state index < -0.39 is 0 Å². The number of nitriles is 1. The molecular weight excluding hydrogens is 222 g/mol. The fraction of sp³-hybridized carbons (Fsp3) is 0.133. The van der Waals surface area contributed by atoms with Crippen molar-refractivity contribution < 1.29 is 0 Å². The normalized spacial score (nSPS) is 9.78. The molecule has 0 radical (unpaired) electrons. The number of nitrogen functional groups attached to an aromatic ring is 1. The van der Waals surface area contributed by atoms with Crippen molar-refractivity contribution in [3.8, 4) is 6.07 Å². The zero-order chi connectivity index (χ0) is 13.0. The van der Waals surface area contributed by atoms with Crippen molar-refractivity contribution in [3.63, 3.8) is 0 Å². The van der Waals surface area contributed by atoms with Gasteiger partial charge < -0.3 is 11.1 Å². The minimum Gasteiger partial charge on any atom is -0.399 e. The zero-order valence-electron chi connectivity index (χ0n) is 10.3. The van der Waals surface area contributed by atoms with Crippen LogP contribution in [0.25, 0.3) is 0 Å². The molecule has 18 heavy (non-hydrogen) atoms. The molecule has 0 saturated heterocycles. The van der Waals surface area contributed by atoms with Gasteiger partial charge in [0.15, 0.2) is 0 Å². The number of nitrogens with zero attached hydrogens (tertiary/aromatic N) is 1. The molecule has 0 fully saturated rings. The number of nitrogens with one attached hydrogen (secondary N) is 1. The van der Waals surface area contributed by atoms with Gasteiger partial charge in [-0.1, -0.05) is 18.2 Å². The maximum atomic E-state index is 9.07. The highest BCUT2D eigenvalue weighted by Crippen LogP contribution is 2.17. The zero-order valence-corrected chi connectivity index (χ0v) is 10.3. The Hall–Kier alpha value is -2.47. The number of benzene rings is 2. The molecule has 0 aliphatic rings. The van der Waals surface area contributed by atoms with Gasteiger partial charge in [0.25, 0.3) is 0 Å². The highest BCUT2D eigenvalue weighted by molar-refractivity contribution is 5.58. The second-order valence-corrected chi connectivity index (χ2v) is 4.26. The summed E-state index contributed by atoms with van der Waals surface area (Å²) in [6.07, 6.45) is 0. The van der Waals surface area contributed by atoms with Crippen LogP contribution >= 0.6 is 0 Å². The Kier molecular flexibility index (Phi) is 3.49. The van der Waals surface area contributed by atoms with Crippen LogP contribution in [0, 0.1) is 18.3 Å². The number of anilines is 2. The maximum Gasteiger partial charge on any atom is 0.101 e. The van der Waals surface area contributed by atoms with Crippen molar-refractivity contribution in [1.29, 1.82) is 5.26 Å². The highest BCUT2D eigenvalue weighted by Gasteiger charge is 2.01. The molecule has 0 aromatic heterocycles. The van der Waals surface area contributed by atoms with E-state index in [2.05, 4.69) is 11.4 Å². The number of rotatable bonds is 3. The van der Waals surface area contributed by atoms with Crippen molar-refractivity contribution in [3.05, 3.63) is 59.2 Å². The van der Waals surface area contributed by atoms with Gasteiger partial charge in [-0.15, -0.1) is 0 Å². The van der Waals surface area contributed by atoms with Gasteiger partial charge in [-0.25, -0.2) is 0 Å². The van der Waals surface area contributed by atoms with E-state index in [1.165, 1.54) is 0 Å². The predicted octanol–water partition coefficient (Wildman–Crippen LogP) is 3.06. The summed E-state index contributed by atoms with van der Waals surface area (Å²) < 4.78 is 0. The molecule has 0 aliphatic heterocycles. The summed E-state index contributed by atoms with van der Waals surface area (Å²) in [5, 5.41) is 12.3. The van der Waals surface area contributed by atoms with Crippen LogP contribution in [-0.4, -0.2) is 0 Å². The first-order valence-corrected chi connectivity index (χ1v) is 5.78. The first kappa shape index (κ1) is 12.0. The van der Waals surface area contributed by atoms with E-state index in [-0.39, 0.29) is 0 Å². The molecule has 3 N–H and O–H groups in total. The molecule has 0 unspecified atom stereocenters. The van der Waals surface area contributed by atoms with Gasteiger partial charge in [0.1, 0.15) is 6.07 Å². The van der Waals surface area contributed by atoms with E-state index in [1.807, 2.05) is 49.4 Å². The Balaban J connectivity index is 2.11. The quantitative estimate of drug-likeness (QED) is 0.806. The predicted molar refractivity (Wildman–Crippen MR) is 74.1 cm³/mol. The molecule has 2 rings (SSSR count). The summed E-state index contributed by atoms with van der Waals surface area (Å²) in [4.78, 5) is 0. The third-order valence-corrected chi connectivity index (χ3v) is 2.76. The van der Waals surface area contributed by atoms with Crippen LogP contribution in [0.3, 0.4) is 0 Å². The summed E-state index contributed by atoms with van der Waals surface area (Å²) in [7, 11) is 0. The highest BCUT2D eigenvalue weighted by atomic mass is 14.9. The van der Waals surface area contributed by atoms with Crippen molar-refractivity contribution in [1.82, 2.24) is 0 Å². The molecule has 0 atom stereocenters. The second kappa shape index (κ2) is 5.24. The van der Waals surface area contributed by atoms with Crippen LogP contribution in [0.15, 0.2) is 42.5 Å². The lowest BCUT2D eigenvalue weighted by Gasteiger charge is -2.09. The van der Waals surface area contributed by atoms with Crippen molar-refractivity contribution in [2.45, 2.75) is 13.5 Å². The molecule has 0 saturated carbocycles. The minimum absolute atomic E-state index is 0.672. The van der Waals surface area contributed by atoms with Gasteiger partial charge in [0, 0.05) is 12.2 Å². The third-order valence-electron chi connectivity index (χ3n) is 2.76. The largest absolute Gasteiger partial charge is 0.399 e. The van der Waals surface area contributed by atoms with Gasteiger partial charge in [-0.2, -0.15) is 5.26 Å². The van der Waals surface area contributed by atoms with Crippen molar-refractivity contribution in [2.75, 3.05) is 11.1 Å². The van der Waals surface area contributed by atoms with E-state index in [1.54, 1.807) is 0 Å². The minimum atomic E-state index is 0.672. The average Bonchev–Trinajstić information content (AvgIpc) is 2.39. The molecule has 2 aromatic carbocycles. The number of aryl methyl sites for hydroxylation is 1. The third kappa shape index (κ3) is 2.80. The Morgan fingerprint density at radius 2 is 1.89 bits per heavy atom. The molecule has 3 heteroatoms. The molecule has 0 amide bonds. The van der Waals surface area contributed by atoms with Crippen LogP contribution in [0.2, 0.25) is 0 Å². The number of hydrogen-bond acceptors (Lipinski definition) is 3. The summed E-state index contributed by atoms with van der Waals surface area (Å²) in [6, 6.07) is 15.7. The Bertz CT molecular complexity index is 580. The van der Waals surface area contributed by atoms with Gasteiger partial charge >= 0.3 is 0 Å². The van der Waals surface area contributed by atoms with Crippen molar-refractivity contribution in [2.24, 2.45) is 0 Å². The molecule has 90 valence electrons. The van der Waals surface area contributed by atoms with Crippen LogP contribution in [0.4, 0.5) is 11.4 Å². The van der Waals surface area contributed by atoms with E-state index in [0.717, 1.165) is 22.5 Å². The first-order chi connectivity index (χ1) is 8.69. The second-order valence-electron chi connectivity index (χ2n) is 4.26. The lowest BCUT2D eigenvalue weighted by molar-refractivity contribution is 1.14. The van der Waals surface area contributed by atoms with Crippen LogP contribution in [0.5, 0.6) is 0 Å². The first-order valence-electron chi connectivity index (χ1n) is 5.78. The Morgan fingerprint density at radius 3 is 2.56 bits per heavy atom. The van der Waals surface area contributed by atoms with E-state index >= 15 is 0 Å². The topological polar surface area (TPSA) is 61.8 Å². The lowest BCUT2D eigenvalue weighted by atomic mass is 10.1. The molecule has 2 aromatic rings. The van der Waals surface area contributed by atoms with Crippen LogP contribution < -0.4 is 11.1 Å². The van der Waals surface area contributed by atoms with Gasteiger partial charge in [0.2, 0.25) is 0 Å². The molecule has 0 aliphatic carbocycles. The molecule has 0 spiro atoms. The summed E-state index contributed by atoms with van der Waals surface area (Å²) in [5.41, 5.74) is 10.1. The Morgan fingerprint density at radius 1 is 1.17 bits per heavy atom. The van der Waals surface area contributed by atoms with Crippen LogP contribution in [-0.2, 0) is 6.54 Å². The SMILES string of the molecule is Cc1ccc(NCc2ccc(N)cc2)c(C#N)c1. The maximum absolute atomic E-state index is 9.07. The summed E-state index contributed by atoms with van der Waals surface area (Å²) in [6.45, 7) is 2.66.